The van der Waals surface area contributed by atoms with Crippen LogP contribution in [0.3, 0.4) is 0 Å². The Morgan fingerprint density at radius 2 is 1.81 bits per heavy atom. The molecule has 0 aliphatic heterocycles. The third kappa shape index (κ3) is 3.89. The van der Waals surface area contributed by atoms with E-state index in [-0.39, 0.29) is 16.2 Å². The van der Waals surface area contributed by atoms with Crippen LogP contribution < -0.4 is 5.32 Å². The van der Waals surface area contributed by atoms with E-state index in [1.54, 1.807) is 24.3 Å². The minimum absolute atomic E-state index is 0.0621. The largest absolute Gasteiger partial charge is 0.480 e. The highest BCUT2D eigenvalue weighted by atomic mass is 32.2. The molecule has 9 heteroatoms. The molecule has 2 N–H and O–H groups in total. The maximum absolute atomic E-state index is 12.7. The summed E-state index contributed by atoms with van der Waals surface area (Å²) < 4.78 is 26.0. The number of fused-ring (bicyclic) bond motifs is 1. The molecule has 2 aromatic carbocycles. The number of sulfone groups is 1. The number of rotatable bonds is 6. The first-order valence-corrected chi connectivity index (χ1v) is 9.84. The van der Waals surface area contributed by atoms with Crippen molar-refractivity contribution in [3.63, 3.8) is 0 Å². The molecule has 0 aliphatic carbocycles. The van der Waals surface area contributed by atoms with Gasteiger partial charge in [0.1, 0.15) is 11.6 Å². The Bertz CT molecular complexity index is 1070. The predicted octanol–water partition coefficient (Wildman–Crippen LogP) is 1.87. The molecule has 0 bridgehead atoms. The normalized spacial score (nSPS) is 11.4. The number of aliphatic carboxylic acids is 1. The van der Waals surface area contributed by atoms with Crippen molar-refractivity contribution in [3.05, 3.63) is 53.5 Å². The number of carbonyl (C=O) groups excluding carboxylic acids is 1. The Morgan fingerprint density at radius 3 is 2.50 bits per heavy atom. The second kappa shape index (κ2) is 7.22. The molecule has 1 aromatic heterocycles. The minimum Gasteiger partial charge on any atom is -0.480 e. The van der Waals surface area contributed by atoms with Gasteiger partial charge in [-0.15, -0.1) is 11.3 Å². The number of amides is 1. The first-order chi connectivity index (χ1) is 12.4. The number of carboxylic acid groups (broad SMARTS) is 1. The first-order valence-electron chi connectivity index (χ1n) is 7.54. The van der Waals surface area contributed by atoms with E-state index in [2.05, 4.69) is 10.3 Å². The molecule has 3 rings (SSSR count). The molecule has 0 aliphatic rings. The standard InChI is InChI=1S/C17H14N2O5S2/c20-15(18-10-17(21)22)9-16-19-13-7-6-12(8-14(13)25-16)26(23,24)11-4-2-1-3-5-11/h1-8H,9-10H2,(H,18,20)(H,21,22). The average molecular weight is 390 g/mol. The van der Waals surface area contributed by atoms with Crippen LogP contribution in [0, 0.1) is 0 Å². The van der Waals surface area contributed by atoms with Crippen molar-refractivity contribution in [2.45, 2.75) is 16.2 Å². The van der Waals surface area contributed by atoms with Gasteiger partial charge in [-0.1, -0.05) is 18.2 Å². The Kier molecular flexibility index (Phi) is 5.01. The van der Waals surface area contributed by atoms with Gasteiger partial charge in [-0.25, -0.2) is 13.4 Å². The Morgan fingerprint density at radius 1 is 1.08 bits per heavy atom. The molecule has 0 fully saturated rings. The quantitative estimate of drug-likeness (QED) is 0.664. The molecule has 0 unspecified atom stereocenters. The summed E-state index contributed by atoms with van der Waals surface area (Å²) >= 11 is 1.20. The highest BCUT2D eigenvalue weighted by molar-refractivity contribution is 7.91. The van der Waals surface area contributed by atoms with Crippen LogP contribution >= 0.6 is 11.3 Å². The number of aromatic nitrogens is 1. The molecule has 0 saturated carbocycles. The zero-order chi connectivity index (χ0) is 18.7. The lowest BCUT2D eigenvalue weighted by atomic mass is 10.3. The number of carboxylic acids is 1. The van der Waals surface area contributed by atoms with Crippen LogP contribution in [0.4, 0.5) is 0 Å². The van der Waals surface area contributed by atoms with Gasteiger partial charge in [-0.3, -0.25) is 9.59 Å². The SMILES string of the molecule is O=C(O)CNC(=O)Cc1nc2ccc(S(=O)(=O)c3ccccc3)cc2s1. The van der Waals surface area contributed by atoms with Crippen LogP contribution in [0.5, 0.6) is 0 Å². The molecule has 26 heavy (non-hydrogen) atoms. The zero-order valence-electron chi connectivity index (χ0n) is 13.4. The fourth-order valence-corrected chi connectivity index (χ4v) is 4.69. The molecule has 1 amide bonds. The molecule has 0 spiro atoms. The second-order valence-electron chi connectivity index (χ2n) is 5.40. The highest BCUT2D eigenvalue weighted by Gasteiger charge is 2.19. The van der Waals surface area contributed by atoms with Crippen molar-refractivity contribution in [1.29, 1.82) is 0 Å². The summed E-state index contributed by atoms with van der Waals surface area (Å²) in [6.45, 7) is -0.455. The van der Waals surface area contributed by atoms with Crippen LogP contribution in [0.1, 0.15) is 5.01 Å². The second-order valence-corrected chi connectivity index (χ2v) is 8.47. The van der Waals surface area contributed by atoms with Crippen LogP contribution in [0.2, 0.25) is 0 Å². The molecular formula is C17H14N2O5S2. The summed E-state index contributed by atoms with van der Waals surface area (Å²) in [6, 6.07) is 12.7. The summed E-state index contributed by atoms with van der Waals surface area (Å²) in [4.78, 5) is 26.8. The lowest BCUT2D eigenvalue weighted by Crippen LogP contribution is -2.30. The smallest absolute Gasteiger partial charge is 0.322 e. The monoisotopic (exact) mass is 390 g/mol. The summed E-state index contributed by atoms with van der Waals surface area (Å²) in [6.07, 6.45) is -0.0621. The fraction of sp³-hybridized carbons (Fsp3) is 0.118. The molecule has 0 atom stereocenters. The first kappa shape index (κ1) is 18.0. The van der Waals surface area contributed by atoms with E-state index >= 15 is 0 Å². The topological polar surface area (TPSA) is 113 Å². The molecular weight excluding hydrogens is 376 g/mol. The number of nitrogens with zero attached hydrogens (tertiary/aromatic N) is 1. The molecule has 1 heterocycles. The van der Waals surface area contributed by atoms with Gasteiger partial charge in [0.25, 0.3) is 0 Å². The zero-order valence-corrected chi connectivity index (χ0v) is 15.0. The van der Waals surface area contributed by atoms with Gasteiger partial charge < -0.3 is 10.4 Å². The van der Waals surface area contributed by atoms with Gasteiger partial charge in [0.15, 0.2) is 0 Å². The lowest BCUT2D eigenvalue weighted by Gasteiger charge is -2.04. The van der Waals surface area contributed by atoms with Crippen molar-refractivity contribution in [1.82, 2.24) is 10.3 Å². The fourth-order valence-electron chi connectivity index (χ4n) is 2.31. The van der Waals surface area contributed by atoms with E-state index in [4.69, 9.17) is 5.11 Å². The van der Waals surface area contributed by atoms with Crippen molar-refractivity contribution in [2.24, 2.45) is 0 Å². The van der Waals surface area contributed by atoms with Gasteiger partial charge in [0, 0.05) is 0 Å². The van der Waals surface area contributed by atoms with Gasteiger partial charge in [0.2, 0.25) is 15.7 Å². The highest BCUT2D eigenvalue weighted by Crippen LogP contribution is 2.28. The Hall–Kier alpha value is -2.78. The molecule has 3 aromatic rings. The molecule has 7 nitrogen and oxygen atoms in total. The van der Waals surface area contributed by atoms with Crippen molar-refractivity contribution in [3.8, 4) is 0 Å². The van der Waals surface area contributed by atoms with E-state index in [0.29, 0.717) is 15.2 Å². The summed E-state index contributed by atoms with van der Waals surface area (Å²) in [5, 5.41) is 11.3. The minimum atomic E-state index is -3.63. The maximum Gasteiger partial charge on any atom is 0.322 e. The van der Waals surface area contributed by atoms with Gasteiger partial charge >= 0.3 is 5.97 Å². The van der Waals surface area contributed by atoms with E-state index in [0.717, 1.165) is 0 Å². The maximum atomic E-state index is 12.7. The molecule has 0 radical (unpaired) electrons. The number of thiazole rings is 1. The molecule has 0 saturated heterocycles. The van der Waals surface area contributed by atoms with E-state index in [1.165, 1.54) is 35.6 Å². The lowest BCUT2D eigenvalue weighted by molar-refractivity contribution is -0.137. The van der Waals surface area contributed by atoms with Gasteiger partial charge in [0.05, 0.1) is 26.4 Å². The van der Waals surface area contributed by atoms with Crippen molar-refractivity contribution < 1.29 is 23.1 Å². The summed E-state index contributed by atoms with van der Waals surface area (Å²) in [5.41, 5.74) is 0.586. The third-order valence-corrected chi connectivity index (χ3v) is 6.30. The van der Waals surface area contributed by atoms with Gasteiger partial charge in [-0.2, -0.15) is 0 Å². The number of nitrogens with one attached hydrogen (secondary N) is 1. The average Bonchev–Trinajstić information content (AvgIpc) is 3.02. The number of hydrogen-bond acceptors (Lipinski definition) is 6. The van der Waals surface area contributed by atoms with E-state index in [9.17, 15) is 18.0 Å². The summed E-state index contributed by atoms with van der Waals surface area (Å²) in [7, 11) is -3.63. The number of carbonyl (C=O) groups is 2. The van der Waals surface area contributed by atoms with E-state index in [1.807, 2.05) is 0 Å². The summed E-state index contributed by atoms with van der Waals surface area (Å²) in [5.74, 6) is -1.58. The van der Waals surface area contributed by atoms with Crippen LogP contribution in [0.25, 0.3) is 10.2 Å². The predicted molar refractivity (Wildman–Crippen MR) is 95.9 cm³/mol. The van der Waals surface area contributed by atoms with Gasteiger partial charge in [-0.05, 0) is 30.3 Å². The van der Waals surface area contributed by atoms with Crippen LogP contribution in [-0.2, 0) is 25.8 Å². The van der Waals surface area contributed by atoms with Crippen LogP contribution in [-0.4, -0.2) is 36.9 Å². The Labute approximate surface area is 153 Å². The third-order valence-electron chi connectivity index (χ3n) is 3.52. The van der Waals surface area contributed by atoms with Crippen molar-refractivity contribution >= 4 is 43.3 Å². The van der Waals surface area contributed by atoms with E-state index < -0.39 is 28.3 Å². The van der Waals surface area contributed by atoms with Crippen LogP contribution in [0.15, 0.2) is 58.3 Å². The number of hydrogen-bond donors (Lipinski definition) is 2. The Balaban J connectivity index is 1.86. The molecule has 134 valence electrons. The number of benzene rings is 2. The van der Waals surface area contributed by atoms with Crippen molar-refractivity contribution in [2.75, 3.05) is 6.54 Å².